The smallest absolute Gasteiger partial charge is 0.250 e. The third-order valence-corrected chi connectivity index (χ3v) is 6.20. The van der Waals surface area contributed by atoms with Crippen LogP contribution in [-0.4, -0.2) is 27.0 Å². The van der Waals surface area contributed by atoms with Gasteiger partial charge in [-0.3, -0.25) is 4.79 Å². The van der Waals surface area contributed by atoms with E-state index in [0.717, 1.165) is 54.4 Å². The molecule has 0 aliphatic carbocycles. The number of para-hydroxylation sites is 1. The minimum atomic E-state index is -0.446. The Kier molecular flexibility index (Phi) is 6.08. The van der Waals surface area contributed by atoms with Crippen LogP contribution in [0.2, 0.25) is 0 Å². The molecule has 6 bridgehead atoms. The number of fused-ring (bicyclic) bond motifs is 10. The highest BCUT2D eigenvalue weighted by molar-refractivity contribution is 6.01. The van der Waals surface area contributed by atoms with Crippen LogP contribution in [-0.2, 0) is 11.3 Å². The maximum atomic E-state index is 14.7. The molecule has 1 aliphatic heterocycles. The molecule has 0 unspecified atom stereocenters. The lowest BCUT2D eigenvalue weighted by Gasteiger charge is -2.22. The Morgan fingerprint density at radius 1 is 1.06 bits per heavy atom. The molecule has 1 amide bonds. The molecule has 4 aromatic rings. The highest BCUT2D eigenvalue weighted by atomic mass is 19.1. The largest absolute Gasteiger partial charge is 0.347 e. The summed E-state index contributed by atoms with van der Waals surface area (Å²) in [5, 5.41) is 4.13. The predicted octanol–water partition coefficient (Wildman–Crippen LogP) is 6.07. The molecule has 0 spiro atoms. The van der Waals surface area contributed by atoms with Gasteiger partial charge < -0.3 is 14.8 Å². The molecule has 0 atom stereocenters. The fraction of sp³-hybridized carbons (Fsp3) is 0.222. The molecule has 2 aromatic heterocycles. The van der Waals surface area contributed by atoms with Crippen LogP contribution in [0, 0.1) is 5.82 Å². The topological polar surface area (TPSA) is 63.1 Å². The van der Waals surface area contributed by atoms with E-state index < -0.39 is 5.82 Å². The molecule has 6 nitrogen and oxygen atoms in total. The SMILES string of the molecule is C=CC(=O)N1CCCCCCn2cc(c3ccccc32)-c2ccnc(n2)Nc2cc1ccc2F. The van der Waals surface area contributed by atoms with Gasteiger partial charge in [0.05, 0.1) is 11.4 Å². The lowest BCUT2D eigenvalue weighted by Crippen LogP contribution is -2.30. The van der Waals surface area contributed by atoms with E-state index in [1.54, 1.807) is 23.2 Å². The van der Waals surface area contributed by atoms with Crippen molar-refractivity contribution in [2.75, 3.05) is 16.8 Å². The Labute approximate surface area is 197 Å². The second kappa shape index (κ2) is 9.47. The van der Waals surface area contributed by atoms with Crippen molar-refractivity contribution in [1.82, 2.24) is 14.5 Å². The number of aromatic nitrogens is 3. The fourth-order valence-corrected chi connectivity index (χ4v) is 4.48. The number of hydrogen-bond acceptors (Lipinski definition) is 4. The van der Waals surface area contributed by atoms with Crippen LogP contribution in [0.1, 0.15) is 25.7 Å². The first-order valence-corrected chi connectivity index (χ1v) is 11.6. The van der Waals surface area contributed by atoms with E-state index in [4.69, 9.17) is 0 Å². The average molecular weight is 456 g/mol. The zero-order chi connectivity index (χ0) is 23.5. The number of amides is 1. The molecular formula is C27H26FN5O. The van der Waals surface area contributed by atoms with Crippen molar-refractivity contribution in [2.24, 2.45) is 0 Å². The number of hydrogen-bond donors (Lipinski definition) is 1. The Bertz CT molecular complexity index is 1360. The number of anilines is 3. The summed E-state index contributed by atoms with van der Waals surface area (Å²) >= 11 is 0. The van der Waals surface area contributed by atoms with Crippen molar-refractivity contribution in [3.05, 3.63) is 79.4 Å². The second-order valence-corrected chi connectivity index (χ2v) is 8.42. The van der Waals surface area contributed by atoms with Gasteiger partial charge in [0, 0.05) is 47.6 Å². The van der Waals surface area contributed by atoms with Gasteiger partial charge in [-0.25, -0.2) is 14.4 Å². The van der Waals surface area contributed by atoms with Gasteiger partial charge in [0.25, 0.3) is 0 Å². The van der Waals surface area contributed by atoms with Crippen LogP contribution in [0.15, 0.2) is 73.6 Å². The summed E-state index contributed by atoms with van der Waals surface area (Å²) in [5.41, 5.74) is 3.76. The lowest BCUT2D eigenvalue weighted by molar-refractivity contribution is -0.114. The molecule has 172 valence electrons. The molecule has 1 N–H and O–H groups in total. The van der Waals surface area contributed by atoms with Crippen LogP contribution in [0.5, 0.6) is 0 Å². The highest BCUT2D eigenvalue weighted by Crippen LogP contribution is 2.31. The normalized spacial score (nSPS) is 14.3. The van der Waals surface area contributed by atoms with Gasteiger partial charge in [-0.05, 0) is 49.2 Å². The monoisotopic (exact) mass is 455 g/mol. The minimum Gasteiger partial charge on any atom is -0.347 e. The van der Waals surface area contributed by atoms with Crippen LogP contribution in [0.25, 0.3) is 22.2 Å². The molecule has 3 heterocycles. The van der Waals surface area contributed by atoms with Gasteiger partial charge in [0.1, 0.15) is 5.82 Å². The number of nitrogens with zero attached hydrogens (tertiary/aromatic N) is 4. The number of benzene rings is 2. The summed E-state index contributed by atoms with van der Waals surface area (Å²) in [6, 6.07) is 14.7. The van der Waals surface area contributed by atoms with E-state index in [-0.39, 0.29) is 17.5 Å². The second-order valence-electron chi connectivity index (χ2n) is 8.42. The standard InChI is InChI=1S/C27H26FN5O/c1-2-26(34)33-16-8-4-3-7-15-32-18-21(20-9-5-6-10-25(20)32)23-13-14-29-27(30-23)31-24-17-19(33)11-12-22(24)28/h2,5-6,9-14,17-18H,1,3-4,7-8,15-16H2,(H,29,30,31). The Morgan fingerprint density at radius 3 is 2.74 bits per heavy atom. The molecule has 0 saturated carbocycles. The third-order valence-electron chi connectivity index (χ3n) is 6.20. The number of carbonyl (C=O) groups is 1. The number of aryl methyl sites for hydroxylation is 1. The molecule has 1 aliphatic rings. The zero-order valence-corrected chi connectivity index (χ0v) is 18.9. The Balaban J connectivity index is 1.59. The number of rotatable bonds is 1. The predicted molar refractivity (Wildman–Crippen MR) is 134 cm³/mol. The molecule has 0 saturated heterocycles. The van der Waals surface area contributed by atoms with Gasteiger partial charge in [-0.15, -0.1) is 0 Å². The van der Waals surface area contributed by atoms with Gasteiger partial charge in [-0.1, -0.05) is 37.6 Å². The zero-order valence-electron chi connectivity index (χ0n) is 18.9. The van der Waals surface area contributed by atoms with Crippen molar-refractivity contribution < 1.29 is 9.18 Å². The van der Waals surface area contributed by atoms with Gasteiger partial charge in [0.15, 0.2) is 0 Å². The summed E-state index contributed by atoms with van der Waals surface area (Å²) < 4.78 is 17.0. The maximum absolute atomic E-state index is 14.7. The van der Waals surface area contributed by atoms with E-state index in [9.17, 15) is 9.18 Å². The molecule has 0 radical (unpaired) electrons. The molecular weight excluding hydrogens is 429 g/mol. The molecule has 5 rings (SSSR count). The average Bonchev–Trinajstić information content (AvgIpc) is 3.23. The van der Waals surface area contributed by atoms with Crippen LogP contribution < -0.4 is 10.2 Å². The van der Waals surface area contributed by atoms with E-state index in [0.29, 0.717) is 12.2 Å². The third kappa shape index (κ3) is 4.29. The molecule has 34 heavy (non-hydrogen) atoms. The van der Waals surface area contributed by atoms with Crippen molar-refractivity contribution in [2.45, 2.75) is 32.2 Å². The first kappa shape index (κ1) is 21.8. The Morgan fingerprint density at radius 2 is 1.88 bits per heavy atom. The van der Waals surface area contributed by atoms with Crippen LogP contribution in [0.3, 0.4) is 0 Å². The highest BCUT2D eigenvalue weighted by Gasteiger charge is 2.17. The van der Waals surface area contributed by atoms with Crippen molar-refractivity contribution in [3.8, 4) is 11.3 Å². The van der Waals surface area contributed by atoms with Gasteiger partial charge in [0.2, 0.25) is 11.9 Å². The number of halogens is 1. The van der Waals surface area contributed by atoms with Crippen molar-refractivity contribution in [3.63, 3.8) is 0 Å². The first-order chi connectivity index (χ1) is 16.6. The number of nitrogens with one attached hydrogen (secondary N) is 1. The lowest BCUT2D eigenvalue weighted by atomic mass is 10.1. The first-order valence-electron chi connectivity index (χ1n) is 11.6. The molecule has 0 fully saturated rings. The van der Waals surface area contributed by atoms with Crippen LogP contribution >= 0.6 is 0 Å². The minimum absolute atomic E-state index is 0.209. The van der Waals surface area contributed by atoms with E-state index in [1.165, 1.54) is 12.1 Å². The van der Waals surface area contributed by atoms with Gasteiger partial charge >= 0.3 is 0 Å². The van der Waals surface area contributed by atoms with E-state index in [1.807, 2.05) is 18.2 Å². The maximum Gasteiger partial charge on any atom is 0.250 e. The van der Waals surface area contributed by atoms with Gasteiger partial charge in [-0.2, -0.15) is 0 Å². The fourth-order valence-electron chi connectivity index (χ4n) is 4.48. The van der Waals surface area contributed by atoms with Crippen LogP contribution in [0.4, 0.5) is 21.7 Å². The number of carbonyl (C=O) groups excluding carboxylic acids is 1. The van der Waals surface area contributed by atoms with E-state index >= 15 is 0 Å². The Hall–Kier alpha value is -4.00. The van der Waals surface area contributed by atoms with Crippen molar-refractivity contribution >= 4 is 34.1 Å². The summed E-state index contributed by atoms with van der Waals surface area (Å²) in [5.74, 6) is -0.366. The van der Waals surface area contributed by atoms with Crippen molar-refractivity contribution in [1.29, 1.82) is 0 Å². The summed E-state index contributed by atoms with van der Waals surface area (Å²) in [7, 11) is 0. The summed E-state index contributed by atoms with van der Waals surface area (Å²) in [4.78, 5) is 23.2. The van der Waals surface area contributed by atoms with E-state index in [2.05, 4.69) is 44.8 Å². The summed E-state index contributed by atoms with van der Waals surface area (Å²) in [6.45, 7) is 5.07. The molecule has 2 aromatic carbocycles. The molecule has 7 heteroatoms. The quantitative estimate of drug-likeness (QED) is 0.354. The summed E-state index contributed by atoms with van der Waals surface area (Å²) in [6.07, 6.45) is 9.02.